The van der Waals surface area contributed by atoms with Crippen LogP contribution < -0.4 is 0 Å². The minimum absolute atomic E-state index is 0.0864. The average molecular weight is 272 g/mol. The first-order valence-electron chi connectivity index (χ1n) is 4.58. The van der Waals surface area contributed by atoms with Crippen molar-refractivity contribution in [3.63, 3.8) is 0 Å². The number of alkyl halides is 3. The maximum atomic E-state index is 12.0. The van der Waals surface area contributed by atoms with Gasteiger partial charge in [-0.3, -0.25) is 4.79 Å². The molecule has 0 bridgehead atoms. The van der Waals surface area contributed by atoms with Crippen molar-refractivity contribution in [2.24, 2.45) is 17.8 Å². The molecule has 0 aromatic carbocycles. The summed E-state index contributed by atoms with van der Waals surface area (Å²) in [5, 5.41) is 8.64. The summed E-state index contributed by atoms with van der Waals surface area (Å²) in [4.78, 5) is 10.6. The summed E-state index contributed by atoms with van der Waals surface area (Å²) in [6.07, 6.45) is 1.06. The van der Waals surface area contributed by atoms with Gasteiger partial charge in [0.1, 0.15) is 5.76 Å². The van der Waals surface area contributed by atoms with Crippen molar-refractivity contribution in [2.45, 2.75) is 11.9 Å². The molecule has 0 heterocycles. The largest absolute Gasteiger partial charge is 0.534 e. The van der Waals surface area contributed by atoms with Gasteiger partial charge in [0.2, 0.25) is 0 Å². The number of carboxylic acids is 1. The van der Waals surface area contributed by atoms with Crippen molar-refractivity contribution in [3.8, 4) is 0 Å². The highest BCUT2D eigenvalue weighted by atomic mass is 32.2. The Morgan fingerprint density at radius 1 is 1.47 bits per heavy atom. The van der Waals surface area contributed by atoms with Gasteiger partial charge in [-0.15, -0.1) is 0 Å². The third-order valence-electron chi connectivity index (χ3n) is 2.83. The fourth-order valence-corrected chi connectivity index (χ4v) is 2.50. The Morgan fingerprint density at radius 3 is 2.41 bits per heavy atom. The molecule has 9 heteroatoms. The van der Waals surface area contributed by atoms with Gasteiger partial charge in [0.25, 0.3) is 0 Å². The summed E-state index contributed by atoms with van der Waals surface area (Å²) < 4.78 is 61.1. The average Bonchev–Trinajstić information content (AvgIpc) is 2.62. The molecule has 1 fully saturated rings. The van der Waals surface area contributed by atoms with Crippen LogP contribution in [0.2, 0.25) is 0 Å². The number of allylic oxidation sites excluding steroid dienone is 2. The predicted octanol–water partition coefficient (Wildman–Crippen LogP) is 1.09. The zero-order chi connectivity index (χ0) is 13.0. The van der Waals surface area contributed by atoms with Gasteiger partial charge in [0, 0.05) is 6.42 Å². The summed E-state index contributed by atoms with van der Waals surface area (Å²) in [5.41, 5.74) is -5.47. The van der Waals surface area contributed by atoms with Crippen molar-refractivity contribution in [1.29, 1.82) is 0 Å². The summed E-state index contributed by atoms with van der Waals surface area (Å²) >= 11 is 0. The lowest BCUT2D eigenvalue weighted by molar-refractivity contribution is -0.139. The molecule has 2 aliphatic rings. The van der Waals surface area contributed by atoms with Gasteiger partial charge >= 0.3 is 21.6 Å². The van der Waals surface area contributed by atoms with Crippen LogP contribution in [0, 0.1) is 17.8 Å². The number of hydrogen-bond donors (Lipinski definition) is 1. The van der Waals surface area contributed by atoms with Crippen molar-refractivity contribution < 1.29 is 35.7 Å². The minimum Gasteiger partial charge on any atom is -0.481 e. The van der Waals surface area contributed by atoms with E-state index in [0.29, 0.717) is 0 Å². The van der Waals surface area contributed by atoms with Gasteiger partial charge in [0.15, 0.2) is 0 Å². The second-order valence-electron chi connectivity index (χ2n) is 3.93. The molecular weight excluding hydrogens is 265 g/mol. The van der Waals surface area contributed by atoms with Gasteiger partial charge < -0.3 is 9.29 Å². The van der Waals surface area contributed by atoms with Crippen LogP contribution in [0.1, 0.15) is 6.42 Å². The van der Waals surface area contributed by atoms with E-state index >= 15 is 0 Å². The number of rotatable bonds is 3. The zero-order valence-corrected chi connectivity index (χ0v) is 8.96. The first kappa shape index (κ1) is 12.2. The van der Waals surface area contributed by atoms with E-state index < -0.39 is 33.4 Å². The van der Waals surface area contributed by atoms with Crippen molar-refractivity contribution in [3.05, 3.63) is 11.8 Å². The first-order valence-corrected chi connectivity index (χ1v) is 5.98. The van der Waals surface area contributed by atoms with Crippen LogP contribution >= 0.6 is 0 Å². The van der Waals surface area contributed by atoms with E-state index in [1.807, 2.05) is 0 Å². The van der Waals surface area contributed by atoms with Crippen molar-refractivity contribution in [1.82, 2.24) is 0 Å². The van der Waals surface area contributed by atoms with E-state index in [4.69, 9.17) is 5.11 Å². The summed E-state index contributed by atoms with van der Waals surface area (Å²) in [6, 6.07) is 0. The second-order valence-corrected chi connectivity index (χ2v) is 5.46. The fraction of sp³-hybridized carbons (Fsp3) is 0.625. The molecule has 3 unspecified atom stereocenters. The molecule has 0 radical (unpaired) electrons. The van der Waals surface area contributed by atoms with E-state index in [9.17, 15) is 26.4 Å². The smallest absolute Gasteiger partial charge is 0.481 e. The summed E-state index contributed by atoms with van der Waals surface area (Å²) in [5.74, 6) is -2.74. The molecule has 96 valence electrons. The van der Waals surface area contributed by atoms with Gasteiger partial charge in [-0.25, -0.2) is 0 Å². The number of aliphatic carboxylic acids is 1. The topological polar surface area (TPSA) is 80.7 Å². The monoisotopic (exact) mass is 272 g/mol. The standard InChI is InChI=1S/C8H7F3O5S/c9-8(10,11)17(14,15)16-3-1-4-5(2-3)6(4)7(12)13/h1,4-6H,2H2,(H,12,13). The van der Waals surface area contributed by atoms with Gasteiger partial charge in [-0.1, -0.05) is 0 Å². The molecular formula is C8H7F3O5S. The van der Waals surface area contributed by atoms with E-state index in [1.165, 1.54) is 0 Å². The van der Waals surface area contributed by atoms with Crippen LogP contribution in [0.15, 0.2) is 11.8 Å². The van der Waals surface area contributed by atoms with E-state index in [1.54, 1.807) is 0 Å². The SMILES string of the molecule is O=C(O)C1C2C=C(OS(=O)(=O)C(F)(F)F)CC21. The molecule has 17 heavy (non-hydrogen) atoms. The third-order valence-corrected chi connectivity index (χ3v) is 3.83. The number of carboxylic acid groups (broad SMARTS) is 1. The predicted molar refractivity (Wildman–Crippen MR) is 46.9 cm³/mol. The van der Waals surface area contributed by atoms with Crippen LogP contribution in [0.25, 0.3) is 0 Å². The number of halogens is 3. The van der Waals surface area contributed by atoms with Crippen molar-refractivity contribution >= 4 is 16.1 Å². The highest BCUT2D eigenvalue weighted by Gasteiger charge is 2.59. The van der Waals surface area contributed by atoms with E-state index in [2.05, 4.69) is 4.18 Å². The van der Waals surface area contributed by atoms with Gasteiger partial charge in [0.05, 0.1) is 5.92 Å². The van der Waals surface area contributed by atoms with Crippen LogP contribution in [0.4, 0.5) is 13.2 Å². The molecule has 0 saturated heterocycles. The Morgan fingerprint density at radius 2 is 2.06 bits per heavy atom. The Bertz CT molecular complexity index is 492. The molecule has 0 aromatic heterocycles. The Hall–Kier alpha value is -1.25. The van der Waals surface area contributed by atoms with E-state index in [0.717, 1.165) is 6.08 Å². The van der Waals surface area contributed by atoms with E-state index in [-0.39, 0.29) is 18.1 Å². The Balaban J connectivity index is 2.04. The summed E-state index contributed by atoms with van der Waals surface area (Å²) in [6.45, 7) is 0. The lowest BCUT2D eigenvalue weighted by Crippen LogP contribution is -2.25. The molecule has 2 rings (SSSR count). The normalized spacial score (nSPS) is 31.7. The molecule has 2 aliphatic carbocycles. The molecule has 1 saturated carbocycles. The zero-order valence-electron chi connectivity index (χ0n) is 8.14. The number of carbonyl (C=O) groups is 1. The molecule has 0 amide bonds. The molecule has 3 atom stereocenters. The molecule has 0 aromatic rings. The molecule has 1 N–H and O–H groups in total. The number of hydrogen-bond acceptors (Lipinski definition) is 4. The van der Waals surface area contributed by atoms with Crippen LogP contribution in [0.3, 0.4) is 0 Å². The maximum absolute atomic E-state index is 12.0. The maximum Gasteiger partial charge on any atom is 0.534 e. The minimum atomic E-state index is -5.64. The summed E-state index contributed by atoms with van der Waals surface area (Å²) in [7, 11) is -5.64. The van der Waals surface area contributed by atoms with Gasteiger partial charge in [-0.2, -0.15) is 21.6 Å². The highest BCUT2D eigenvalue weighted by molar-refractivity contribution is 7.87. The lowest BCUT2D eigenvalue weighted by Gasteiger charge is -2.10. The molecule has 5 nitrogen and oxygen atoms in total. The Labute approximate surface area is 94.0 Å². The van der Waals surface area contributed by atoms with Crippen LogP contribution in [0.5, 0.6) is 0 Å². The highest BCUT2D eigenvalue weighted by Crippen LogP contribution is 2.56. The second kappa shape index (κ2) is 3.37. The lowest BCUT2D eigenvalue weighted by atomic mass is 10.2. The molecule has 0 spiro atoms. The number of fused-ring (bicyclic) bond motifs is 1. The Kier molecular flexibility index (Phi) is 2.42. The van der Waals surface area contributed by atoms with Crippen molar-refractivity contribution in [2.75, 3.05) is 0 Å². The van der Waals surface area contributed by atoms with Gasteiger partial charge in [-0.05, 0) is 17.9 Å². The third kappa shape index (κ3) is 1.99. The quantitative estimate of drug-likeness (QED) is 0.614. The van der Waals surface area contributed by atoms with Crippen LogP contribution in [-0.4, -0.2) is 25.0 Å². The van der Waals surface area contributed by atoms with Crippen LogP contribution in [-0.2, 0) is 19.1 Å². The molecule has 0 aliphatic heterocycles. The first-order chi connectivity index (χ1) is 7.63. The fourth-order valence-electron chi connectivity index (χ4n) is 2.00.